The van der Waals surface area contributed by atoms with Gasteiger partial charge in [0.05, 0.1) is 11.2 Å². The highest BCUT2D eigenvalue weighted by molar-refractivity contribution is 9.09. The van der Waals surface area contributed by atoms with Crippen LogP contribution in [0.1, 0.15) is 27.1 Å². The molecule has 0 saturated carbocycles. The summed E-state index contributed by atoms with van der Waals surface area (Å²) in [4.78, 5) is 12.2. The van der Waals surface area contributed by atoms with Gasteiger partial charge in [0.1, 0.15) is 0 Å². The van der Waals surface area contributed by atoms with Crippen LogP contribution in [0.4, 0.5) is 0 Å². The lowest BCUT2D eigenvalue weighted by Gasteiger charge is -2.12. The van der Waals surface area contributed by atoms with E-state index in [0.29, 0.717) is 13.0 Å². The van der Waals surface area contributed by atoms with Gasteiger partial charge in [0.15, 0.2) is 0 Å². The quantitative estimate of drug-likeness (QED) is 0.812. The Morgan fingerprint density at radius 2 is 1.81 bits per heavy atom. The van der Waals surface area contributed by atoms with Gasteiger partial charge in [-0.05, 0) is 36.1 Å². The Labute approximate surface area is 134 Å². The summed E-state index contributed by atoms with van der Waals surface area (Å²) in [7, 11) is 0. The predicted octanol–water partition coefficient (Wildman–Crippen LogP) is 4.10. The van der Waals surface area contributed by atoms with Crippen LogP contribution in [0, 0.1) is 13.8 Å². The summed E-state index contributed by atoms with van der Waals surface area (Å²) in [6.07, 6.45) is 0.426. The largest absolute Gasteiger partial charge is 0.354 e. The van der Waals surface area contributed by atoms with E-state index in [0.717, 1.165) is 5.56 Å². The zero-order valence-corrected chi connectivity index (χ0v) is 14.0. The third kappa shape index (κ3) is 4.71. The van der Waals surface area contributed by atoms with Gasteiger partial charge in [-0.25, -0.2) is 0 Å². The molecule has 1 amide bonds. The second-order valence-corrected chi connectivity index (χ2v) is 6.38. The molecular weight excluding hydrogens is 326 g/mol. The van der Waals surface area contributed by atoms with Crippen molar-refractivity contribution in [1.82, 2.24) is 5.32 Å². The van der Waals surface area contributed by atoms with Crippen molar-refractivity contribution in [2.45, 2.75) is 25.1 Å². The van der Waals surface area contributed by atoms with E-state index < -0.39 is 0 Å². The van der Waals surface area contributed by atoms with Gasteiger partial charge in [-0.15, -0.1) is 0 Å². The lowest BCUT2D eigenvalue weighted by atomic mass is 10.0. The molecule has 21 heavy (non-hydrogen) atoms. The molecule has 2 aromatic carbocycles. The predicted molar refractivity (Wildman–Crippen MR) is 90.7 cm³/mol. The van der Waals surface area contributed by atoms with Gasteiger partial charge in [-0.2, -0.15) is 0 Å². The van der Waals surface area contributed by atoms with Crippen LogP contribution in [-0.4, -0.2) is 12.5 Å². The maximum absolute atomic E-state index is 12.0. The molecule has 0 aromatic heterocycles. The molecule has 0 fully saturated rings. The molecule has 0 aliphatic rings. The molecule has 0 aliphatic carbocycles. The van der Waals surface area contributed by atoms with Crippen LogP contribution >= 0.6 is 15.9 Å². The number of halogens is 1. The fourth-order valence-electron chi connectivity index (χ4n) is 2.14. The summed E-state index contributed by atoms with van der Waals surface area (Å²) in [6, 6.07) is 16.3. The average molecular weight is 346 g/mol. The molecular formula is C18H20BrNO. The molecule has 0 bridgehead atoms. The van der Waals surface area contributed by atoms with E-state index in [1.54, 1.807) is 0 Å². The first-order valence-corrected chi connectivity index (χ1v) is 7.99. The molecule has 0 radical (unpaired) electrons. The number of carbonyl (C=O) groups is 1. The van der Waals surface area contributed by atoms with Crippen molar-refractivity contribution in [2.24, 2.45) is 0 Å². The Bertz CT molecular complexity index is 610. The topological polar surface area (TPSA) is 29.1 Å². The Kier molecular flexibility index (Phi) is 5.57. The third-order valence-corrected chi connectivity index (χ3v) is 4.43. The van der Waals surface area contributed by atoms with Gasteiger partial charge in [0, 0.05) is 6.54 Å². The van der Waals surface area contributed by atoms with Gasteiger partial charge in [-0.1, -0.05) is 64.5 Å². The SMILES string of the molecule is Cc1ccc(CC(=O)NCC(Br)c2ccccc2)cc1C. The Balaban J connectivity index is 1.86. The normalized spacial score (nSPS) is 12.0. The highest BCUT2D eigenvalue weighted by Gasteiger charge is 2.09. The molecule has 2 rings (SSSR count). The van der Waals surface area contributed by atoms with E-state index in [2.05, 4.69) is 59.4 Å². The van der Waals surface area contributed by atoms with E-state index >= 15 is 0 Å². The molecule has 0 aliphatic heterocycles. The number of alkyl halides is 1. The number of benzene rings is 2. The lowest BCUT2D eigenvalue weighted by Crippen LogP contribution is -2.28. The summed E-state index contributed by atoms with van der Waals surface area (Å²) in [5.41, 5.74) is 4.71. The summed E-state index contributed by atoms with van der Waals surface area (Å²) in [6.45, 7) is 4.74. The highest BCUT2D eigenvalue weighted by atomic mass is 79.9. The molecule has 2 aromatic rings. The third-order valence-electron chi connectivity index (χ3n) is 3.58. The highest BCUT2D eigenvalue weighted by Crippen LogP contribution is 2.21. The van der Waals surface area contributed by atoms with Crippen molar-refractivity contribution < 1.29 is 4.79 Å². The van der Waals surface area contributed by atoms with E-state index in [-0.39, 0.29) is 10.7 Å². The monoisotopic (exact) mass is 345 g/mol. The number of hydrogen-bond acceptors (Lipinski definition) is 1. The van der Waals surface area contributed by atoms with Crippen molar-refractivity contribution >= 4 is 21.8 Å². The lowest BCUT2D eigenvalue weighted by molar-refractivity contribution is -0.120. The van der Waals surface area contributed by atoms with Crippen LogP contribution in [0.3, 0.4) is 0 Å². The van der Waals surface area contributed by atoms with Crippen molar-refractivity contribution in [3.8, 4) is 0 Å². The summed E-state index contributed by atoms with van der Waals surface area (Å²) in [5.74, 6) is 0.0543. The van der Waals surface area contributed by atoms with E-state index in [1.807, 2.05) is 24.3 Å². The van der Waals surface area contributed by atoms with Crippen molar-refractivity contribution in [3.05, 3.63) is 70.8 Å². The van der Waals surface area contributed by atoms with E-state index in [1.165, 1.54) is 16.7 Å². The molecule has 0 saturated heterocycles. The zero-order valence-electron chi connectivity index (χ0n) is 12.4. The summed E-state index contributed by atoms with van der Waals surface area (Å²) < 4.78 is 0. The molecule has 1 N–H and O–H groups in total. The van der Waals surface area contributed by atoms with Crippen LogP contribution in [-0.2, 0) is 11.2 Å². The van der Waals surface area contributed by atoms with Crippen LogP contribution in [0.15, 0.2) is 48.5 Å². The first-order chi connectivity index (χ1) is 10.1. The second kappa shape index (κ2) is 7.41. The number of carbonyl (C=O) groups excluding carboxylic acids is 1. The maximum atomic E-state index is 12.0. The van der Waals surface area contributed by atoms with E-state index in [9.17, 15) is 4.79 Å². The number of hydrogen-bond donors (Lipinski definition) is 1. The number of aryl methyl sites for hydroxylation is 2. The Hall–Kier alpha value is -1.61. The smallest absolute Gasteiger partial charge is 0.224 e. The van der Waals surface area contributed by atoms with Gasteiger partial charge < -0.3 is 5.32 Å². The summed E-state index contributed by atoms with van der Waals surface area (Å²) >= 11 is 3.61. The standard InChI is InChI=1S/C18H20BrNO/c1-13-8-9-15(10-14(13)2)11-18(21)20-12-17(19)16-6-4-3-5-7-16/h3-10,17H,11-12H2,1-2H3,(H,20,21). The van der Waals surface area contributed by atoms with Gasteiger partial charge >= 0.3 is 0 Å². The van der Waals surface area contributed by atoms with Crippen LogP contribution in [0.25, 0.3) is 0 Å². The zero-order chi connectivity index (χ0) is 15.2. The molecule has 2 nitrogen and oxygen atoms in total. The number of rotatable bonds is 5. The first-order valence-electron chi connectivity index (χ1n) is 7.08. The van der Waals surface area contributed by atoms with Crippen LogP contribution in [0.2, 0.25) is 0 Å². The van der Waals surface area contributed by atoms with Crippen molar-refractivity contribution in [2.75, 3.05) is 6.54 Å². The molecule has 1 atom stereocenters. The van der Waals surface area contributed by atoms with Gasteiger partial charge in [0.25, 0.3) is 0 Å². The van der Waals surface area contributed by atoms with E-state index in [4.69, 9.17) is 0 Å². The minimum absolute atomic E-state index is 0.0543. The second-order valence-electron chi connectivity index (χ2n) is 5.28. The fraction of sp³-hybridized carbons (Fsp3) is 0.278. The minimum atomic E-state index is 0.0543. The van der Waals surface area contributed by atoms with Crippen molar-refractivity contribution in [1.29, 1.82) is 0 Å². The molecule has 0 spiro atoms. The van der Waals surface area contributed by atoms with Crippen molar-refractivity contribution in [3.63, 3.8) is 0 Å². The Morgan fingerprint density at radius 3 is 2.48 bits per heavy atom. The summed E-state index contributed by atoms with van der Waals surface area (Å²) in [5, 5.41) is 2.98. The first kappa shape index (κ1) is 15.8. The fourth-order valence-corrected chi connectivity index (χ4v) is 2.61. The number of nitrogens with one attached hydrogen (secondary N) is 1. The molecule has 0 heterocycles. The molecule has 1 unspecified atom stereocenters. The number of amides is 1. The molecule has 3 heteroatoms. The Morgan fingerprint density at radius 1 is 1.10 bits per heavy atom. The van der Waals surface area contributed by atoms with Gasteiger partial charge in [-0.3, -0.25) is 4.79 Å². The van der Waals surface area contributed by atoms with Gasteiger partial charge in [0.2, 0.25) is 5.91 Å². The maximum Gasteiger partial charge on any atom is 0.224 e. The van der Waals surface area contributed by atoms with Crippen LogP contribution < -0.4 is 5.32 Å². The average Bonchev–Trinajstić information content (AvgIpc) is 2.49. The van der Waals surface area contributed by atoms with Crippen LogP contribution in [0.5, 0.6) is 0 Å². The molecule has 110 valence electrons. The minimum Gasteiger partial charge on any atom is -0.354 e.